The summed E-state index contributed by atoms with van der Waals surface area (Å²) in [6.45, 7) is 5.02. The van der Waals surface area contributed by atoms with Crippen LogP contribution in [0, 0.1) is 0 Å². The van der Waals surface area contributed by atoms with E-state index in [1.165, 1.54) is 0 Å². The molecule has 0 amide bonds. The highest BCUT2D eigenvalue weighted by molar-refractivity contribution is 5.95. The molecule has 1 heterocycles. The molecule has 0 radical (unpaired) electrons. The summed E-state index contributed by atoms with van der Waals surface area (Å²) in [5.74, 6) is -0.191. The van der Waals surface area contributed by atoms with Crippen molar-refractivity contribution < 1.29 is 14.6 Å². The number of hydrogen-bond donors (Lipinski definition) is 1. The van der Waals surface area contributed by atoms with Crippen LogP contribution in [0.4, 0.5) is 0 Å². The highest BCUT2D eigenvalue weighted by atomic mass is 16.5. The van der Waals surface area contributed by atoms with Gasteiger partial charge in [0.15, 0.2) is 5.82 Å². The van der Waals surface area contributed by atoms with Gasteiger partial charge in [-0.3, -0.25) is 0 Å². The Morgan fingerprint density at radius 3 is 2.57 bits per heavy atom. The molecule has 1 aromatic heterocycles. The van der Waals surface area contributed by atoms with E-state index in [-0.39, 0.29) is 0 Å². The molecule has 0 aliphatic heterocycles. The van der Waals surface area contributed by atoms with Gasteiger partial charge in [0.2, 0.25) is 0 Å². The van der Waals surface area contributed by atoms with Crippen molar-refractivity contribution >= 4 is 12.0 Å². The zero-order valence-corrected chi connectivity index (χ0v) is 16.0. The molecule has 3 aromatic rings. The number of aromatic nitrogens is 3. The van der Waals surface area contributed by atoms with E-state index in [0.29, 0.717) is 30.3 Å². The second-order valence-corrected chi connectivity index (χ2v) is 6.20. The topological polar surface area (TPSA) is 77.2 Å². The Kier molecular flexibility index (Phi) is 6.22. The normalized spacial score (nSPS) is 11.1. The average Bonchev–Trinajstić information content (AvgIpc) is 3.08. The van der Waals surface area contributed by atoms with Gasteiger partial charge >= 0.3 is 12.0 Å². The summed E-state index contributed by atoms with van der Waals surface area (Å²) in [5.41, 5.74) is 2.89. The van der Waals surface area contributed by atoms with Crippen molar-refractivity contribution in [1.29, 1.82) is 0 Å². The minimum absolute atomic E-state index is 0.292. The van der Waals surface area contributed by atoms with Gasteiger partial charge in [-0.2, -0.15) is 4.98 Å². The predicted octanol–water partition coefficient (Wildman–Crippen LogP) is 4.51. The summed E-state index contributed by atoms with van der Waals surface area (Å²) in [6, 6.07) is 15.2. The Bertz CT molecular complexity index is 975. The van der Waals surface area contributed by atoms with E-state index in [0.717, 1.165) is 23.4 Å². The van der Waals surface area contributed by atoms with E-state index < -0.39 is 5.97 Å². The van der Waals surface area contributed by atoms with E-state index in [4.69, 9.17) is 4.74 Å². The quantitative estimate of drug-likeness (QED) is 0.625. The van der Waals surface area contributed by atoms with Crippen LogP contribution in [0.3, 0.4) is 0 Å². The van der Waals surface area contributed by atoms with Crippen molar-refractivity contribution in [3.05, 3.63) is 71.6 Å². The number of hydrogen-bond acceptors (Lipinski definition) is 4. The van der Waals surface area contributed by atoms with Crippen LogP contribution in [-0.2, 0) is 6.54 Å². The van der Waals surface area contributed by atoms with Crippen molar-refractivity contribution in [2.75, 3.05) is 6.61 Å². The lowest BCUT2D eigenvalue weighted by atomic mass is 9.99. The van der Waals surface area contributed by atoms with Crippen LogP contribution < -0.4 is 4.74 Å². The van der Waals surface area contributed by atoms with E-state index in [1.807, 2.05) is 55.5 Å². The Balaban J connectivity index is 1.85. The number of aromatic carboxylic acids is 1. The summed E-state index contributed by atoms with van der Waals surface area (Å²) >= 11 is 0. The molecule has 0 aliphatic carbocycles. The van der Waals surface area contributed by atoms with Crippen molar-refractivity contribution in [2.24, 2.45) is 0 Å². The molecule has 0 bridgehead atoms. The summed E-state index contributed by atoms with van der Waals surface area (Å²) in [5, 5.41) is 13.8. The van der Waals surface area contributed by atoms with Crippen molar-refractivity contribution in [2.45, 2.75) is 26.8 Å². The first kappa shape index (κ1) is 19.4. The smallest absolute Gasteiger partial charge is 0.336 e. The number of benzene rings is 2. The molecule has 0 saturated carbocycles. The number of nitrogens with zero attached hydrogens (tertiary/aromatic N) is 3. The third-order valence-electron chi connectivity index (χ3n) is 4.21. The number of allylic oxidation sites excluding steroid dienone is 1. The van der Waals surface area contributed by atoms with E-state index in [1.54, 1.807) is 16.8 Å². The van der Waals surface area contributed by atoms with Gasteiger partial charge in [-0.05, 0) is 42.2 Å². The third kappa shape index (κ3) is 4.46. The van der Waals surface area contributed by atoms with Gasteiger partial charge in [-0.1, -0.05) is 55.5 Å². The Labute approximate surface area is 164 Å². The lowest BCUT2D eigenvalue weighted by molar-refractivity contribution is 0.0697. The number of carboxylic acids is 1. The van der Waals surface area contributed by atoms with Gasteiger partial charge in [0.25, 0.3) is 0 Å². The van der Waals surface area contributed by atoms with E-state index >= 15 is 0 Å². The van der Waals surface area contributed by atoms with Gasteiger partial charge < -0.3 is 9.84 Å². The van der Waals surface area contributed by atoms with E-state index in [9.17, 15) is 9.90 Å². The van der Waals surface area contributed by atoms with E-state index in [2.05, 4.69) is 17.0 Å². The minimum Gasteiger partial charge on any atom is -0.478 e. The van der Waals surface area contributed by atoms with Crippen LogP contribution in [0.2, 0.25) is 0 Å². The van der Waals surface area contributed by atoms with Gasteiger partial charge in [0.1, 0.15) is 0 Å². The van der Waals surface area contributed by atoms with Crippen LogP contribution in [0.25, 0.3) is 17.2 Å². The van der Waals surface area contributed by atoms with Crippen LogP contribution in [-0.4, -0.2) is 32.4 Å². The molecule has 28 heavy (non-hydrogen) atoms. The standard InChI is InChI=1S/C22H23N3O3/c1-3-5-10-20-23-22(28-4-2)24-25(20)15-16-11-13-17(14-12-16)18-8-6-7-9-19(18)21(26)27/h5-14H,3-4,15H2,1-2H3,(H,26,27). The lowest BCUT2D eigenvalue weighted by Gasteiger charge is -2.08. The summed E-state index contributed by atoms with van der Waals surface area (Å²) in [7, 11) is 0. The molecule has 1 N–H and O–H groups in total. The second-order valence-electron chi connectivity index (χ2n) is 6.20. The fourth-order valence-corrected chi connectivity index (χ4v) is 2.87. The summed E-state index contributed by atoms with van der Waals surface area (Å²) in [6.07, 6.45) is 4.88. The Morgan fingerprint density at radius 1 is 1.14 bits per heavy atom. The number of ether oxygens (including phenoxy) is 1. The number of carbonyl (C=O) groups is 1. The largest absolute Gasteiger partial charge is 0.478 e. The maximum Gasteiger partial charge on any atom is 0.336 e. The molecule has 0 spiro atoms. The van der Waals surface area contributed by atoms with Crippen molar-refractivity contribution in [1.82, 2.24) is 14.8 Å². The Hall–Kier alpha value is -3.41. The van der Waals surface area contributed by atoms with Crippen LogP contribution in [0.5, 0.6) is 6.01 Å². The molecule has 6 heteroatoms. The van der Waals surface area contributed by atoms with Crippen LogP contribution >= 0.6 is 0 Å². The molecule has 144 valence electrons. The first-order valence-electron chi connectivity index (χ1n) is 9.28. The molecule has 0 saturated heterocycles. The SMILES string of the molecule is CCC=Cc1nc(OCC)nn1Cc1ccc(-c2ccccc2C(=O)O)cc1. The highest BCUT2D eigenvalue weighted by Crippen LogP contribution is 2.24. The molecule has 0 aliphatic rings. The first-order valence-corrected chi connectivity index (χ1v) is 9.28. The molecule has 6 nitrogen and oxygen atoms in total. The van der Waals surface area contributed by atoms with Crippen LogP contribution in [0.15, 0.2) is 54.6 Å². The minimum atomic E-state index is -0.932. The zero-order valence-electron chi connectivity index (χ0n) is 16.0. The maximum absolute atomic E-state index is 11.4. The molecule has 0 fully saturated rings. The highest BCUT2D eigenvalue weighted by Gasteiger charge is 2.12. The third-order valence-corrected chi connectivity index (χ3v) is 4.21. The fourth-order valence-electron chi connectivity index (χ4n) is 2.87. The molecule has 2 aromatic carbocycles. The van der Waals surface area contributed by atoms with Crippen LogP contribution in [0.1, 0.15) is 42.0 Å². The number of rotatable bonds is 8. The fraction of sp³-hybridized carbons (Fsp3) is 0.227. The Morgan fingerprint density at radius 2 is 1.89 bits per heavy atom. The lowest BCUT2D eigenvalue weighted by Crippen LogP contribution is -2.05. The van der Waals surface area contributed by atoms with Gasteiger partial charge in [-0.25, -0.2) is 9.48 Å². The zero-order chi connectivity index (χ0) is 19.9. The predicted molar refractivity (Wildman–Crippen MR) is 108 cm³/mol. The molecular formula is C22H23N3O3. The monoisotopic (exact) mass is 377 g/mol. The first-order chi connectivity index (χ1) is 13.6. The molecule has 3 rings (SSSR count). The molecular weight excluding hydrogens is 354 g/mol. The maximum atomic E-state index is 11.4. The second kappa shape index (κ2) is 8.99. The average molecular weight is 377 g/mol. The van der Waals surface area contributed by atoms with Gasteiger partial charge in [-0.15, -0.1) is 5.10 Å². The number of carboxylic acid groups (broad SMARTS) is 1. The summed E-state index contributed by atoms with van der Waals surface area (Å²) < 4.78 is 7.23. The summed E-state index contributed by atoms with van der Waals surface area (Å²) in [4.78, 5) is 15.9. The van der Waals surface area contributed by atoms with Gasteiger partial charge in [0, 0.05) is 0 Å². The molecule has 0 unspecified atom stereocenters. The van der Waals surface area contributed by atoms with Gasteiger partial charge in [0.05, 0.1) is 18.7 Å². The molecule has 0 atom stereocenters. The van der Waals surface area contributed by atoms with Crippen molar-refractivity contribution in [3.63, 3.8) is 0 Å². The van der Waals surface area contributed by atoms with Crippen molar-refractivity contribution in [3.8, 4) is 17.1 Å².